The van der Waals surface area contributed by atoms with Crippen molar-refractivity contribution in [3.05, 3.63) is 42.4 Å². The zero-order valence-corrected chi connectivity index (χ0v) is 11.0. The number of alkyl halides is 1. The van der Waals surface area contributed by atoms with Crippen LogP contribution in [0.25, 0.3) is 22.4 Å². The number of hydrogen-bond donors (Lipinski definition) is 0. The van der Waals surface area contributed by atoms with Crippen LogP contribution in [-0.2, 0) is 5.88 Å². The Bertz CT molecular complexity index is 707. The highest BCUT2D eigenvalue weighted by Crippen LogP contribution is 2.29. The number of hydrogen-bond acceptors (Lipinski definition) is 4. The van der Waals surface area contributed by atoms with E-state index < -0.39 is 0 Å². The maximum Gasteiger partial charge on any atom is 0.230 e. The molecule has 0 amide bonds. The highest BCUT2D eigenvalue weighted by molar-refractivity contribution is 6.17. The molecule has 0 unspecified atom stereocenters. The molecule has 1 aromatic carbocycles. The van der Waals surface area contributed by atoms with Gasteiger partial charge in [-0.2, -0.15) is 0 Å². The first-order chi connectivity index (χ1) is 9.31. The van der Waals surface area contributed by atoms with Crippen LogP contribution in [0.1, 0.15) is 5.69 Å². The van der Waals surface area contributed by atoms with Crippen LogP contribution in [0.2, 0.25) is 0 Å². The summed E-state index contributed by atoms with van der Waals surface area (Å²) in [5.41, 5.74) is 2.28. The third-order valence-corrected chi connectivity index (χ3v) is 3.17. The predicted octanol–water partition coefficient (Wildman–Crippen LogP) is 3.64. The van der Waals surface area contributed by atoms with Crippen molar-refractivity contribution in [2.45, 2.75) is 5.88 Å². The minimum Gasteiger partial charge on any atom is -0.497 e. The molecular formula is C14H11ClN2O2. The Morgan fingerprint density at radius 2 is 2.00 bits per heavy atom. The normalized spacial score (nSPS) is 10.8. The van der Waals surface area contributed by atoms with Gasteiger partial charge in [-0.25, -0.2) is 9.97 Å². The van der Waals surface area contributed by atoms with E-state index in [1.807, 2.05) is 30.3 Å². The van der Waals surface area contributed by atoms with Gasteiger partial charge >= 0.3 is 0 Å². The molecular weight excluding hydrogens is 264 g/mol. The molecule has 0 aliphatic rings. The largest absolute Gasteiger partial charge is 0.497 e. The van der Waals surface area contributed by atoms with Crippen LogP contribution in [0.5, 0.6) is 5.75 Å². The molecule has 0 atom stereocenters. The summed E-state index contributed by atoms with van der Waals surface area (Å²) >= 11 is 5.85. The molecule has 0 bridgehead atoms. The first kappa shape index (κ1) is 12.0. The second-order valence-corrected chi connectivity index (χ2v) is 4.28. The van der Waals surface area contributed by atoms with Crippen molar-refractivity contribution >= 4 is 22.7 Å². The highest BCUT2D eigenvalue weighted by atomic mass is 35.5. The van der Waals surface area contributed by atoms with Crippen LogP contribution in [-0.4, -0.2) is 17.1 Å². The van der Waals surface area contributed by atoms with E-state index in [2.05, 4.69) is 9.97 Å². The molecule has 2 heterocycles. The maximum atomic E-state index is 5.85. The molecule has 0 aliphatic heterocycles. The number of methoxy groups -OCH3 is 1. The van der Waals surface area contributed by atoms with Gasteiger partial charge in [-0.1, -0.05) is 0 Å². The number of halogens is 1. The summed E-state index contributed by atoms with van der Waals surface area (Å²) in [6.45, 7) is 0. The number of ether oxygens (including phenoxy) is 1. The van der Waals surface area contributed by atoms with E-state index in [1.165, 1.54) is 6.33 Å². The van der Waals surface area contributed by atoms with E-state index >= 15 is 0 Å². The van der Waals surface area contributed by atoms with Gasteiger partial charge in [0.2, 0.25) is 5.71 Å². The zero-order valence-electron chi connectivity index (χ0n) is 10.3. The van der Waals surface area contributed by atoms with E-state index in [9.17, 15) is 0 Å². The fourth-order valence-electron chi connectivity index (χ4n) is 1.91. The van der Waals surface area contributed by atoms with Gasteiger partial charge in [0.25, 0.3) is 0 Å². The molecule has 0 N–H and O–H groups in total. The van der Waals surface area contributed by atoms with Crippen molar-refractivity contribution in [3.63, 3.8) is 0 Å². The summed E-state index contributed by atoms with van der Waals surface area (Å²) in [6.07, 6.45) is 1.46. The van der Waals surface area contributed by atoms with Crippen LogP contribution in [0.3, 0.4) is 0 Å². The first-order valence-electron chi connectivity index (χ1n) is 5.75. The average Bonchev–Trinajstić information content (AvgIpc) is 2.91. The lowest BCUT2D eigenvalue weighted by Crippen LogP contribution is -1.86. The molecule has 96 valence electrons. The van der Waals surface area contributed by atoms with Crippen LogP contribution >= 0.6 is 11.6 Å². The standard InChI is InChI=1S/C14H11ClN2O2/c1-18-10-4-2-9(3-5-10)13-6-11-12(7-15)16-8-17-14(11)19-13/h2-6,8H,7H2,1H3. The van der Waals surface area contributed by atoms with Crippen LogP contribution in [0.15, 0.2) is 41.1 Å². The lowest BCUT2D eigenvalue weighted by Gasteiger charge is -1.99. The van der Waals surface area contributed by atoms with Gasteiger partial charge in [-0.15, -0.1) is 11.6 Å². The van der Waals surface area contributed by atoms with Gasteiger partial charge in [0, 0.05) is 5.56 Å². The number of furan rings is 1. The van der Waals surface area contributed by atoms with Gasteiger partial charge in [0.1, 0.15) is 17.8 Å². The Labute approximate surface area is 115 Å². The molecule has 0 radical (unpaired) electrons. The Hall–Kier alpha value is -2.07. The van der Waals surface area contributed by atoms with Crippen LogP contribution < -0.4 is 4.74 Å². The summed E-state index contributed by atoms with van der Waals surface area (Å²) in [5, 5.41) is 0.850. The lowest BCUT2D eigenvalue weighted by atomic mass is 10.1. The second-order valence-electron chi connectivity index (χ2n) is 4.01. The summed E-state index contributed by atoms with van der Waals surface area (Å²) in [5.74, 6) is 1.88. The van der Waals surface area contributed by atoms with Crippen LogP contribution in [0, 0.1) is 0 Å². The quantitative estimate of drug-likeness (QED) is 0.684. The van der Waals surface area contributed by atoms with E-state index in [4.69, 9.17) is 20.8 Å². The van der Waals surface area contributed by atoms with Crippen molar-refractivity contribution < 1.29 is 9.15 Å². The summed E-state index contributed by atoms with van der Waals surface area (Å²) in [6, 6.07) is 9.55. The summed E-state index contributed by atoms with van der Waals surface area (Å²) < 4.78 is 10.8. The number of nitrogens with zero attached hydrogens (tertiary/aromatic N) is 2. The summed E-state index contributed by atoms with van der Waals surface area (Å²) in [4.78, 5) is 8.25. The molecule has 0 saturated heterocycles. The first-order valence-corrected chi connectivity index (χ1v) is 6.29. The van der Waals surface area contributed by atoms with E-state index in [0.29, 0.717) is 11.6 Å². The minimum absolute atomic E-state index is 0.334. The number of benzene rings is 1. The van der Waals surface area contributed by atoms with Gasteiger partial charge in [0.05, 0.1) is 24.1 Å². The van der Waals surface area contributed by atoms with Crippen molar-refractivity contribution in [2.75, 3.05) is 7.11 Å². The van der Waals surface area contributed by atoms with E-state index in [1.54, 1.807) is 7.11 Å². The molecule has 4 nitrogen and oxygen atoms in total. The Morgan fingerprint density at radius 3 is 2.68 bits per heavy atom. The molecule has 3 aromatic rings. The van der Waals surface area contributed by atoms with Gasteiger partial charge in [0.15, 0.2) is 0 Å². The predicted molar refractivity (Wildman–Crippen MR) is 73.3 cm³/mol. The van der Waals surface area contributed by atoms with Crippen molar-refractivity contribution in [3.8, 4) is 17.1 Å². The van der Waals surface area contributed by atoms with E-state index in [-0.39, 0.29) is 0 Å². The van der Waals surface area contributed by atoms with Gasteiger partial charge < -0.3 is 9.15 Å². The fourth-order valence-corrected chi connectivity index (χ4v) is 2.12. The average molecular weight is 275 g/mol. The van der Waals surface area contributed by atoms with Crippen molar-refractivity contribution in [2.24, 2.45) is 0 Å². The molecule has 0 fully saturated rings. The monoisotopic (exact) mass is 274 g/mol. The third kappa shape index (κ3) is 2.15. The smallest absolute Gasteiger partial charge is 0.230 e. The van der Waals surface area contributed by atoms with Crippen LogP contribution in [0.4, 0.5) is 0 Å². The molecule has 2 aromatic heterocycles. The highest BCUT2D eigenvalue weighted by Gasteiger charge is 2.11. The molecule has 5 heteroatoms. The Morgan fingerprint density at radius 1 is 1.21 bits per heavy atom. The Kier molecular flexibility index (Phi) is 3.09. The third-order valence-electron chi connectivity index (χ3n) is 2.91. The Balaban J connectivity index is 2.09. The molecule has 0 aliphatic carbocycles. The lowest BCUT2D eigenvalue weighted by molar-refractivity contribution is 0.415. The minimum atomic E-state index is 0.334. The number of aromatic nitrogens is 2. The van der Waals surface area contributed by atoms with E-state index in [0.717, 1.165) is 28.2 Å². The van der Waals surface area contributed by atoms with Gasteiger partial charge in [-0.3, -0.25) is 0 Å². The maximum absolute atomic E-state index is 5.85. The number of fused-ring (bicyclic) bond motifs is 1. The SMILES string of the molecule is COc1ccc(-c2cc3c(CCl)ncnc3o2)cc1. The van der Waals surface area contributed by atoms with Gasteiger partial charge in [-0.05, 0) is 30.3 Å². The molecule has 0 spiro atoms. The topological polar surface area (TPSA) is 48.2 Å². The molecule has 3 rings (SSSR count). The van der Waals surface area contributed by atoms with Crippen molar-refractivity contribution in [1.29, 1.82) is 0 Å². The fraction of sp³-hybridized carbons (Fsp3) is 0.143. The zero-order chi connectivity index (χ0) is 13.2. The second kappa shape index (κ2) is 4.90. The van der Waals surface area contributed by atoms with Crippen molar-refractivity contribution in [1.82, 2.24) is 9.97 Å². The molecule has 0 saturated carbocycles. The summed E-state index contributed by atoms with van der Waals surface area (Å²) in [7, 11) is 1.64. The molecule has 19 heavy (non-hydrogen) atoms. The number of rotatable bonds is 3.